The molecule has 2 aliphatic heterocycles. The highest BCUT2D eigenvalue weighted by Crippen LogP contribution is 2.39. The summed E-state index contributed by atoms with van der Waals surface area (Å²) in [5.74, 6) is -0.582. The number of hydrogen-bond acceptors (Lipinski definition) is 4. The third-order valence-electron chi connectivity index (χ3n) is 5.98. The molecule has 2 aromatic rings. The summed E-state index contributed by atoms with van der Waals surface area (Å²) in [5, 5.41) is 2.88. The van der Waals surface area contributed by atoms with Crippen LogP contribution in [0.15, 0.2) is 48.7 Å². The Kier molecular flexibility index (Phi) is 5.49. The first-order valence-electron chi connectivity index (χ1n) is 10.1. The average Bonchev–Trinajstić information content (AvgIpc) is 3.12. The number of benzene rings is 1. The first-order valence-corrected chi connectivity index (χ1v) is 10.1. The van der Waals surface area contributed by atoms with Crippen molar-refractivity contribution < 1.29 is 9.59 Å². The first-order chi connectivity index (χ1) is 14.0. The SMILES string of the molecule is NC(=O)c1ccc(NC(=O)N2CCC3(CCCN(Cc4ccccc4)C3)C2)cn1. The number of primary amides is 1. The van der Waals surface area contributed by atoms with Gasteiger partial charge in [-0.2, -0.15) is 0 Å². The van der Waals surface area contributed by atoms with Crippen molar-refractivity contribution in [2.75, 3.05) is 31.5 Å². The summed E-state index contributed by atoms with van der Waals surface area (Å²) in [6.45, 7) is 4.64. The highest BCUT2D eigenvalue weighted by molar-refractivity contribution is 5.92. The highest BCUT2D eigenvalue weighted by atomic mass is 16.2. The largest absolute Gasteiger partial charge is 0.364 e. The molecule has 3 heterocycles. The van der Waals surface area contributed by atoms with Gasteiger partial charge < -0.3 is 16.0 Å². The minimum Gasteiger partial charge on any atom is -0.364 e. The second-order valence-electron chi connectivity index (χ2n) is 8.20. The summed E-state index contributed by atoms with van der Waals surface area (Å²) in [5.41, 5.74) is 7.47. The summed E-state index contributed by atoms with van der Waals surface area (Å²) in [6, 6.07) is 13.6. The molecule has 0 aliphatic carbocycles. The molecule has 1 atom stereocenters. The molecule has 2 saturated heterocycles. The molecule has 0 saturated carbocycles. The molecule has 1 aromatic heterocycles. The van der Waals surface area contributed by atoms with Crippen LogP contribution in [0.5, 0.6) is 0 Å². The van der Waals surface area contributed by atoms with Gasteiger partial charge >= 0.3 is 6.03 Å². The minimum absolute atomic E-state index is 0.115. The van der Waals surface area contributed by atoms with Gasteiger partial charge in [-0.25, -0.2) is 9.78 Å². The van der Waals surface area contributed by atoms with Crippen molar-refractivity contribution in [3.63, 3.8) is 0 Å². The second-order valence-corrected chi connectivity index (χ2v) is 8.20. The van der Waals surface area contributed by atoms with Crippen molar-refractivity contribution in [3.8, 4) is 0 Å². The zero-order valence-electron chi connectivity index (χ0n) is 16.5. The van der Waals surface area contributed by atoms with E-state index in [1.807, 2.05) is 11.0 Å². The zero-order valence-corrected chi connectivity index (χ0v) is 16.5. The summed E-state index contributed by atoms with van der Waals surface area (Å²) >= 11 is 0. The smallest absolute Gasteiger partial charge is 0.321 e. The molecule has 3 N–H and O–H groups in total. The van der Waals surface area contributed by atoms with Gasteiger partial charge in [0.1, 0.15) is 5.69 Å². The molecule has 152 valence electrons. The number of anilines is 1. The lowest BCUT2D eigenvalue weighted by molar-refractivity contribution is 0.0905. The number of hydrogen-bond donors (Lipinski definition) is 2. The van der Waals surface area contributed by atoms with Crippen molar-refractivity contribution in [2.24, 2.45) is 11.1 Å². The van der Waals surface area contributed by atoms with Crippen LogP contribution in [0.4, 0.5) is 10.5 Å². The van der Waals surface area contributed by atoms with Crippen LogP contribution in [0, 0.1) is 5.41 Å². The molecule has 7 nitrogen and oxygen atoms in total. The van der Waals surface area contributed by atoms with E-state index in [0.717, 1.165) is 45.6 Å². The number of piperidine rings is 1. The molecule has 2 fully saturated rings. The van der Waals surface area contributed by atoms with Crippen LogP contribution in [0.1, 0.15) is 35.3 Å². The van der Waals surface area contributed by atoms with E-state index in [-0.39, 0.29) is 17.1 Å². The van der Waals surface area contributed by atoms with E-state index in [4.69, 9.17) is 5.73 Å². The number of aromatic nitrogens is 1. The molecule has 2 aliphatic rings. The fraction of sp³-hybridized carbons (Fsp3) is 0.409. The zero-order chi connectivity index (χ0) is 20.3. The molecule has 29 heavy (non-hydrogen) atoms. The van der Waals surface area contributed by atoms with E-state index in [1.54, 1.807) is 6.07 Å². The van der Waals surface area contributed by atoms with E-state index in [9.17, 15) is 9.59 Å². The third-order valence-corrected chi connectivity index (χ3v) is 5.98. The maximum atomic E-state index is 12.7. The van der Waals surface area contributed by atoms with Crippen molar-refractivity contribution in [1.82, 2.24) is 14.8 Å². The van der Waals surface area contributed by atoms with Gasteiger partial charge in [0.15, 0.2) is 0 Å². The van der Waals surface area contributed by atoms with Gasteiger partial charge in [-0.15, -0.1) is 0 Å². The van der Waals surface area contributed by atoms with E-state index < -0.39 is 5.91 Å². The summed E-state index contributed by atoms with van der Waals surface area (Å²) in [4.78, 5) is 32.2. The Morgan fingerprint density at radius 2 is 1.90 bits per heavy atom. The molecule has 3 amide bonds. The van der Waals surface area contributed by atoms with E-state index in [1.165, 1.54) is 24.2 Å². The van der Waals surface area contributed by atoms with Crippen molar-refractivity contribution in [3.05, 3.63) is 59.9 Å². The number of carbonyl (C=O) groups excluding carboxylic acids is 2. The van der Waals surface area contributed by atoms with Crippen molar-refractivity contribution >= 4 is 17.6 Å². The molecule has 0 radical (unpaired) electrons. The Balaban J connectivity index is 1.34. The first kappa shape index (κ1) is 19.4. The van der Waals surface area contributed by atoms with E-state index >= 15 is 0 Å². The van der Waals surface area contributed by atoms with Crippen molar-refractivity contribution in [1.29, 1.82) is 0 Å². The number of urea groups is 1. The Morgan fingerprint density at radius 3 is 2.62 bits per heavy atom. The lowest BCUT2D eigenvalue weighted by Gasteiger charge is -2.40. The van der Waals surface area contributed by atoms with E-state index in [0.29, 0.717) is 5.69 Å². The van der Waals surface area contributed by atoms with Crippen LogP contribution >= 0.6 is 0 Å². The van der Waals surface area contributed by atoms with Gasteiger partial charge in [0.25, 0.3) is 5.91 Å². The monoisotopic (exact) mass is 393 g/mol. The minimum atomic E-state index is -0.582. The van der Waals surface area contributed by atoms with Gasteiger partial charge in [-0.3, -0.25) is 9.69 Å². The molecule has 1 spiro atoms. The lowest BCUT2D eigenvalue weighted by Crippen LogP contribution is -2.45. The average molecular weight is 393 g/mol. The summed E-state index contributed by atoms with van der Waals surface area (Å²) in [7, 11) is 0. The number of rotatable bonds is 4. The number of nitrogens with one attached hydrogen (secondary N) is 1. The predicted molar refractivity (Wildman–Crippen MR) is 111 cm³/mol. The van der Waals surface area contributed by atoms with Crippen LogP contribution < -0.4 is 11.1 Å². The van der Waals surface area contributed by atoms with Crippen LogP contribution in [0.3, 0.4) is 0 Å². The van der Waals surface area contributed by atoms with Crippen LogP contribution in [-0.2, 0) is 6.54 Å². The van der Waals surface area contributed by atoms with Gasteiger partial charge in [0, 0.05) is 31.6 Å². The Morgan fingerprint density at radius 1 is 1.07 bits per heavy atom. The molecule has 7 heteroatoms. The Bertz CT molecular complexity index is 871. The quantitative estimate of drug-likeness (QED) is 0.835. The summed E-state index contributed by atoms with van der Waals surface area (Å²) < 4.78 is 0. The lowest BCUT2D eigenvalue weighted by atomic mass is 9.79. The Hall–Kier alpha value is -2.93. The maximum absolute atomic E-state index is 12.7. The topological polar surface area (TPSA) is 91.6 Å². The number of nitrogens with two attached hydrogens (primary N) is 1. The highest BCUT2D eigenvalue weighted by Gasteiger charge is 2.42. The van der Waals surface area contributed by atoms with Gasteiger partial charge in [-0.1, -0.05) is 30.3 Å². The predicted octanol–water partition coefficient (Wildman–Crippen LogP) is 2.70. The van der Waals surface area contributed by atoms with Gasteiger partial charge in [0.05, 0.1) is 11.9 Å². The third kappa shape index (κ3) is 4.56. The van der Waals surface area contributed by atoms with E-state index in [2.05, 4.69) is 39.5 Å². The molecule has 1 aromatic carbocycles. The van der Waals surface area contributed by atoms with Crippen LogP contribution in [0.2, 0.25) is 0 Å². The number of nitrogens with zero attached hydrogens (tertiary/aromatic N) is 3. The fourth-order valence-corrected chi connectivity index (χ4v) is 4.54. The fourth-order valence-electron chi connectivity index (χ4n) is 4.54. The molecular formula is C22H27N5O2. The molecule has 1 unspecified atom stereocenters. The van der Waals surface area contributed by atoms with Crippen LogP contribution in [-0.4, -0.2) is 52.9 Å². The number of carbonyl (C=O) groups is 2. The van der Waals surface area contributed by atoms with Crippen molar-refractivity contribution in [2.45, 2.75) is 25.8 Å². The van der Waals surface area contributed by atoms with Gasteiger partial charge in [-0.05, 0) is 43.5 Å². The normalized spacial score (nSPS) is 22.0. The second kappa shape index (κ2) is 8.21. The number of pyridine rings is 1. The molecule has 0 bridgehead atoms. The molecular weight excluding hydrogens is 366 g/mol. The Labute approximate surface area is 170 Å². The number of amides is 3. The number of likely N-dealkylation sites (tertiary alicyclic amines) is 2. The van der Waals surface area contributed by atoms with Crippen LogP contribution in [0.25, 0.3) is 0 Å². The maximum Gasteiger partial charge on any atom is 0.321 e. The molecule has 4 rings (SSSR count). The van der Waals surface area contributed by atoms with Gasteiger partial charge in [0.2, 0.25) is 0 Å². The summed E-state index contributed by atoms with van der Waals surface area (Å²) in [6.07, 6.45) is 4.83. The standard InChI is InChI=1S/C22H27N5O2/c23-20(28)19-8-7-18(13-24-19)25-21(29)27-12-10-22(16-27)9-4-11-26(15-22)14-17-5-2-1-3-6-17/h1-3,5-8,13H,4,9-12,14-16H2,(H2,23,28)(H,25,29).